The van der Waals surface area contributed by atoms with E-state index in [-0.39, 0.29) is 11.3 Å². The number of carbonyl (C=O) groups excluding carboxylic acids is 1. The lowest BCUT2D eigenvalue weighted by Gasteiger charge is -2.06. The van der Waals surface area contributed by atoms with Crippen LogP contribution in [0.1, 0.15) is 10.4 Å². The number of nitro benzene ring substituents is 1. The Morgan fingerprint density at radius 3 is 2.58 bits per heavy atom. The molecular weight excluding hydrogens is 162 g/mol. The summed E-state index contributed by atoms with van der Waals surface area (Å²) in [6, 6.07) is 3.02. The minimum Gasteiger partial charge on any atom is -0.872 e. The zero-order valence-electron chi connectivity index (χ0n) is 5.89. The maximum absolute atomic E-state index is 10.8. The van der Waals surface area contributed by atoms with Crippen molar-refractivity contribution in [2.24, 2.45) is 0 Å². The molecule has 0 fully saturated rings. The Hall–Kier alpha value is -1.91. The molecule has 0 radical (unpaired) electrons. The predicted molar refractivity (Wildman–Crippen MR) is 37.9 cm³/mol. The van der Waals surface area contributed by atoms with E-state index in [0.717, 1.165) is 18.2 Å². The standard InChI is InChI=1S/C7H5NO4/c9-4-5-3-6(8(11)12)1-2-7(5)10/h1-4,10H/p-1. The largest absolute Gasteiger partial charge is 0.872 e. The number of benzene rings is 1. The van der Waals surface area contributed by atoms with Crippen molar-refractivity contribution in [2.75, 3.05) is 0 Å². The van der Waals surface area contributed by atoms with Gasteiger partial charge in [-0.25, -0.2) is 0 Å². The highest BCUT2D eigenvalue weighted by Crippen LogP contribution is 2.18. The lowest BCUT2D eigenvalue weighted by molar-refractivity contribution is -0.385. The Bertz CT molecular complexity index is 334. The number of hydrogen-bond donors (Lipinski definition) is 0. The molecule has 1 aromatic carbocycles. The normalized spacial score (nSPS) is 9.33. The SMILES string of the molecule is O=Cc1cc([N+](=O)[O-])ccc1[O-]. The Balaban J connectivity index is 3.22. The number of nitro groups is 1. The molecule has 0 saturated heterocycles. The van der Waals surface area contributed by atoms with Gasteiger partial charge in [-0.2, -0.15) is 0 Å². The topological polar surface area (TPSA) is 83.3 Å². The van der Waals surface area contributed by atoms with Gasteiger partial charge in [0.25, 0.3) is 5.69 Å². The van der Waals surface area contributed by atoms with E-state index in [4.69, 9.17) is 0 Å². The smallest absolute Gasteiger partial charge is 0.270 e. The molecule has 0 aliphatic rings. The van der Waals surface area contributed by atoms with Crippen molar-refractivity contribution in [1.29, 1.82) is 0 Å². The molecule has 0 bridgehead atoms. The second-order valence-corrected chi connectivity index (χ2v) is 2.10. The minimum atomic E-state index is -0.660. The molecular formula is C7H4NO4-. The van der Waals surface area contributed by atoms with Crippen LogP contribution in [0.4, 0.5) is 5.69 Å². The highest BCUT2D eigenvalue weighted by Gasteiger charge is 2.05. The molecule has 12 heavy (non-hydrogen) atoms. The van der Waals surface area contributed by atoms with E-state index in [1.165, 1.54) is 0 Å². The third-order valence-electron chi connectivity index (χ3n) is 1.33. The second-order valence-electron chi connectivity index (χ2n) is 2.10. The van der Waals surface area contributed by atoms with Crippen LogP contribution in [0.15, 0.2) is 18.2 Å². The van der Waals surface area contributed by atoms with Crippen LogP contribution in [-0.4, -0.2) is 11.2 Å². The molecule has 0 aliphatic heterocycles. The monoisotopic (exact) mass is 166 g/mol. The highest BCUT2D eigenvalue weighted by atomic mass is 16.6. The van der Waals surface area contributed by atoms with Crippen LogP contribution in [0.25, 0.3) is 0 Å². The quantitative estimate of drug-likeness (QED) is 0.363. The number of aldehydes is 1. The van der Waals surface area contributed by atoms with Gasteiger partial charge in [-0.1, -0.05) is 11.8 Å². The van der Waals surface area contributed by atoms with Gasteiger partial charge < -0.3 is 5.11 Å². The first-order valence-electron chi connectivity index (χ1n) is 3.06. The van der Waals surface area contributed by atoms with E-state index in [1.807, 2.05) is 0 Å². The van der Waals surface area contributed by atoms with E-state index >= 15 is 0 Å². The Labute approximate surface area is 67.4 Å². The number of carbonyl (C=O) groups is 1. The summed E-state index contributed by atoms with van der Waals surface area (Å²) in [4.78, 5) is 19.7. The number of nitrogens with zero attached hydrogens (tertiary/aromatic N) is 1. The maximum atomic E-state index is 10.8. The summed E-state index contributed by atoms with van der Waals surface area (Å²) in [5.74, 6) is -0.504. The molecule has 5 nitrogen and oxygen atoms in total. The van der Waals surface area contributed by atoms with Gasteiger partial charge in [0.15, 0.2) is 0 Å². The Kier molecular flexibility index (Phi) is 2.05. The van der Waals surface area contributed by atoms with E-state index in [0.29, 0.717) is 6.29 Å². The van der Waals surface area contributed by atoms with Crippen molar-refractivity contribution >= 4 is 12.0 Å². The maximum Gasteiger partial charge on any atom is 0.270 e. The summed E-state index contributed by atoms with van der Waals surface area (Å²) in [6.07, 6.45) is 0.301. The molecule has 62 valence electrons. The molecule has 0 aliphatic carbocycles. The van der Waals surface area contributed by atoms with Gasteiger partial charge in [-0.3, -0.25) is 14.9 Å². The Morgan fingerprint density at radius 1 is 1.42 bits per heavy atom. The second kappa shape index (κ2) is 3.00. The van der Waals surface area contributed by atoms with Gasteiger partial charge in [-0.05, 0) is 0 Å². The molecule has 1 rings (SSSR count). The molecule has 0 unspecified atom stereocenters. The number of hydrogen-bond acceptors (Lipinski definition) is 4. The predicted octanol–water partition coefficient (Wildman–Crippen LogP) is 0.481. The van der Waals surface area contributed by atoms with E-state index in [1.54, 1.807) is 0 Å². The van der Waals surface area contributed by atoms with Crippen LogP contribution in [0, 0.1) is 10.1 Å². The zero-order valence-corrected chi connectivity index (χ0v) is 5.89. The number of non-ortho nitro benzene ring substituents is 1. The van der Waals surface area contributed by atoms with Crippen molar-refractivity contribution < 1.29 is 14.8 Å². The molecule has 0 heterocycles. The van der Waals surface area contributed by atoms with Gasteiger partial charge in [0.2, 0.25) is 0 Å². The minimum absolute atomic E-state index is 0.191. The van der Waals surface area contributed by atoms with Gasteiger partial charge in [0.05, 0.1) is 4.92 Å². The van der Waals surface area contributed by atoms with Crippen LogP contribution < -0.4 is 5.11 Å². The van der Waals surface area contributed by atoms with Crippen LogP contribution in [-0.2, 0) is 0 Å². The summed E-state index contributed by atoms with van der Waals surface area (Å²) >= 11 is 0. The van der Waals surface area contributed by atoms with Crippen molar-refractivity contribution in [3.8, 4) is 5.75 Å². The van der Waals surface area contributed by atoms with E-state index < -0.39 is 10.7 Å². The molecule has 0 atom stereocenters. The van der Waals surface area contributed by atoms with Gasteiger partial charge in [0, 0.05) is 17.7 Å². The lowest BCUT2D eigenvalue weighted by Crippen LogP contribution is -1.97. The summed E-state index contributed by atoms with van der Waals surface area (Å²) in [5.41, 5.74) is -0.444. The molecule has 0 spiro atoms. The highest BCUT2D eigenvalue weighted by molar-refractivity contribution is 5.80. The van der Waals surface area contributed by atoms with Gasteiger partial charge in [-0.15, -0.1) is 0 Å². The third kappa shape index (κ3) is 1.39. The van der Waals surface area contributed by atoms with Crippen LogP contribution in [0.5, 0.6) is 5.75 Å². The van der Waals surface area contributed by atoms with Gasteiger partial charge in [0.1, 0.15) is 6.29 Å². The first-order chi connectivity index (χ1) is 5.65. The van der Waals surface area contributed by atoms with Gasteiger partial charge >= 0.3 is 0 Å². The fourth-order valence-corrected chi connectivity index (χ4v) is 0.742. The summed E-state index contributed by atoms with van der Waals surface area (Å²) in [7, 11) is 0. The fraction of sp³-hybridized carbons (Fsp3) is 0. The first-order valence-corrected chi connectivity index (χ1v) is 3.06. The van der Waals surface area contributed by atoms with Crippen LogP contribution >= 0.6 is 0 Å². The van der Waals surface area contributed by atoms with E-state index in [2.05, 4.69) is 0 Å². The summed E-state index contributed by atoms with van der Waals surface area (Å²) < 4.78 is 0. The molecule has 0 saturated carbocycles. The van der Waals surface area contributed by atoms with Crippen molar-refractivity contribution in [2.45, 2.75) is 0 Å². The van der Waals surface area contributed by atoms with Crippen molar-refractivity contribution in [3.05, 3.63) is 33.9 Å². The Morgan fingerprint density at radius 2 is 2.08 bits per heavy atom. The lowest BCUT2D eigenvalue weighted by atomic mass is 10.2. The number of rotatable bonds is 2. The zero-order chi connectivity index (χ0) is 9.14. The van der Waals surface area contributed by atoms with Crippen LogP contribution in [0.2, 0.25) is 0 Å². The summed E-state index contributed by atoms with van der Waals surface area (Å²) in [5, 5.41) is 20.9. The molecule has 1 aromatic rings. The molecule has 0 amide bonds. The first kappa shape index (κ1) is 8.19. The van der Waals surface area contributed by atoms with Crippen LogP contribution in [0.3, 0.4) is 0 Å². The average Bonchev–Trinajstić information content (AvgIpc) is 2.05. The third-order valence-corrected chi connectivity index (χ3v) is 1.33. The van der Waals surface area contributed by atoms with E-state index in [9.17, 15) is 20.0 Å². The average molecular weight is 166 g/mol. The fourth-order valence-electron chi connectivity index (χ4n) is 0.742. The van der Waals surface area contributed by atoms with Crippen molar-refractivity contribution in [1.82, 2.24) is 0 Å². The molecule has 5 heteroatoms. The van der Waals surface area contributed by atoms with Crippen molar-refractivity contribution in [3.63, 3.8) is 0 Å². The molecule has 0 N–H and O–H groups in total. The summed E-state index contributed by atoms with van der Waals surface area (Å²) in [6.45, 7) is 0. The molecule has 0 aromatic heterocycles.